The molecular formula is C32H26BF4N. The quantitative estimate of drug-likeness (QED) is 0.122. The Morgan fingerprint density at radius 3 is 1.55 bits per heavy atom. The van der Waals surface area contributed by atoms with E-state index in [0.717, 1.165) is 6.54 Å². The summed E-state index contributed by atoms with van der Waals surface area (Å²) in [7, 11) is -6.00. The van der Waals surface area contributed by atoms with Crippen molar-refractivity contribution in [3.8, 4) is 22.4 Å². The molecule has 0 aliphatic carbocycles. The van der Waals surface area contributed by atoms with Crippen LogP contribution in [0.3, 0.4) is 0 Å². The van der Waals surface area contributed by atoms with Crippen LogP contribution in [0, 0.1) is 0 Å². The smallest absolute Gasteiger partial charge is 0.418 e. The molecule has 0 aliphatic rings. The zero-order chi connectivity index (χ0) is 26.8. The lowest BCUT2D eigenvalue weighted by Crippen LogP contribution is -2.40. The Labute approximate surface area is 220 Å². The largest absolute Gasteiger partial charge is 0.673 e. The summed E-state index contributed by atoms with van der Waals surface area (Å²) >= 11 is 0. The molecule has 0 amide bonds. The molecule has 0 unspecified atom stereocenters. The number of rotatable bonds is 6. The van der Waals surface area contributed by atoms with Crippen molar-refractivity contribution in [3.63, 3.8) is 0 Å². The van der Waals surface area contributed by atoms with Crippen LogP contribution in [-0.4, -0.2) is 7.25 Å². The molecule has 4 aromatic carbocycles. The lowest BCUT2D eigenvalue weighted by Gasteiger charge is -2.11. The van der Waals surface area contributed by atoms with E-state index in [1.54, 1.807) is 0 Å². The maximum atomic E-state index is 9.75. The molecule has 0 radical (unpaired) electrons. The molecule has 6 heteroatoms. The minimum Gasteiger partial charge on any atom is -0.418 e. The van der Waals surface area contributed by atoms with E-state index < -0.39 is 7.25 Å². The number of halogens is 4. The van der Waals surface area contributed by atoms with Crippen LogP contribution in [0.2, 0.25) is 0 Å². The van der Waals surface area contributed by atoms with Crippen LogP contribution in [0.1, 0.15) is 16.8 Å². The summed E-state index contributed by atoms with van der Waals surface area (Å²) in [4.78, 5) is 0. The normalized spacial score (nSPS) is 11.2. The summed E-state index contributed by atoms with van der Waals surface area (Å²) < 4.78 is 41.4. The monoisotopic (exact) mass is 511 g/mol. The first-order valence-corrected chi connectivity index (χ1v) is 12.2. The molecule has 0 saturated carbocycles. The summed E-state index contributed by atoms with van der Waals surface area (Å²) in [5, 5.41) is 0. The van der Waals surface area contributed by atoms with E-state index in [-0.39, 0.29) is 0 Å². The molecule has 38 heavy (non-hydrogen) atoms. The van der Waals surface area contributed by atoms with Gasteiger partial charge in [-0.05, 0) is 34.9 Å². The third-order valence-electron chi connectivity index (χ3n) is 5.80. The Hall–Kier alpha value is -4.45. The van der Waals surface area contributed by atoms with Crippen molar-refractivity contribution < 1.29 is 21.8 Å². The predicted molar refractivity (Wildman–Crippen MR) is 149 cm³/mol. The van der Waals surface area contributed by atoms with Crippen molar-refractivity contribution in [2.24, 2.45) is 0 Å². The second-order valence-electron chi connectivity index (χ2n) is 8.60. The van der Waals surface area contributed by atoms with Gasteiger partial charge in [0.15, 0.2) is 6.54 Å². The highest BCUT2D eigenvalue weighted by atomic mass is 19.5. The molecule has 0 N–H and O–H groups in total. The third-order valence-corrected chi connectivity index (χ3v) is 5.80. The summed E-state index contributed by atoms with van der Waals surface area (Å²) in [6.07, 6.45) is 4.43. The average Bonchev–Trinajstić information content (AvgIpc) is 2.93. The van der Waals surface area contributed by atoms with Crippen LogP contribution in [0.5, 0.6) is 0 Å². The molecular weight excluding hydrogens is 485 g/mol. The second kappa shape index (κ2) is 12.7. The van der Waals surface area contributed by atoms with E-state index >= 15 is 0 Å². The minimum absolute atomic E-state index is 0.800. The fraction of sp³-hybridized carbons (Fsp3) is 0.0312. The first kappa shape index (κ1) is 26.6. The molecule has 1 heterocycles. The van der Waals surface area contributed by atoms with E-state index in [9.17, 15) is 17.3 Å². The summed E-state index contributed by atoms with van der Waals surface area (Å²) in [6.45, 7) is 0.800. The highest BCUT2D eigenvalue weighted by Crippen LogP contribution is 2.26. The lowest BCUT2D eigenvalue weighted by molar-refractivity contribution is -0.679. The van der Waals surface area contributed by atoms with Crippen LogP contribution < -0.4 is 4.57 Å². The van der Waals surface area contributed by atoms with Gasteiger partial charge in [-0.15, -0.1) is 0 Å². The molecule has 190 valence electrons. The van der Waals surface area contributed by atoms with Gasteiger partial charge in [0.05, 0.1) is 0 Å². The zero-order valence-electron chi connectivity index (χ0n) is 20.6. The minimum atomic E-state index is -6.00. The van der Waals surface area contributed by atoms with Crippen molar-refractivity contribution in [2.45, 2.75) is 6.54 Å². The van der Waals surface area contributed by atoms with Crippen molar-refractivity contribution in [1.29, 1.82) is 0 Å². The maximum absolute atomic E-state index is 9.75. The van der Waals surface area contributed by atoms with Gasteiger partial charge >= 0.3 is 7.25 Å². The first-order chi connectivity index (χ1) is 18.4. The van der Waals surface area contributed by atoms with E-state index in [1.165, 1.54) is 39.2 Å². The molecule has 0 saturated heterocycles. The second-order valence-corrected chi connectivity index (χ2v) is 8.60. The summed E-state index contributed by atoms with van der Waals surface area (Å²) in [5.41, 5.74) is 8.48. The SMILES string of the molecule is C(=C\c1cc(-c2ccccc2)cc(-c2ccccc2)[n+]1Cc1ccccc1)/c1ccccc1.F[B-](F)(F)F. The Morgan fingerprint density at radius 2 is 1.00 bits per heavy atom. The predicted octanol–water partition coefficient (Wildman–Crippen LogP) is 8.83. The van der Waals surface area contributed by atoms with E-state index in [0.29, 0.717) is 0 Å². The van der Waals surface area contributed by atoms with Gasteiger partial charge in [-0.2, -0.15) is 4.57 Å². The average molecular weight is 511 g/mol. The lowest BCUT2D eigenvalue weighted by atomic mass is 10.0. The van der Waals surface area contributed by atoms with Gasteiger partial charge in [0.1, 0.15) is 0 Å². The van der Waals surface area contributed by atoms with Gasteiger partial charge in [-0.25, -0.2) is 0 Å². The third kappa shape index (κ3) is 8.03. The molecule has 0 fully saturated rings. The standard InChI is InChI=1S/C32H26N.BF4/c1-5-13-26(14-6-1)21-22-31-23-30(28-17-9-3-10-18-28)24-32(29-19-11-4-12-20-29)33(31)25-27-15-7-2-8-16-27;2-1(3,4)5/h1-24H,25H2;/q+1;-1/b22-21+;. The molecule has 5 aromatic rings. The van der Waals surface area contributed by atoms with Crippen molar-refractivity contribution in [3.05, 3.63) is 150 Å². The fourth-order valence-electron chi connectivity index (χ4n) is 4.11. The van der Waals surface area contributed by atoms with Crippen LogP contribution in [0.4, 0.5) is 17.3 Å². The number of nitrogens with zero attached hydrogens (tertiary/aromatic N) is 1. The molecule has 0 atom stereocenters. The van der Waals surface area contributed by atoms with Crippen molar-refractivity contribution in [1.82, 2.24) is 0 Å². The van der Waals surface area contributed by atoms with Gasteiger partial charge in [0.25, 0.3) is 0 Å². The summed E-state index contributed by atoms with van der Waals surface area (Å²) in [5.74, 6) is 0. The molecule has 0 aliphatic heterocycles. The van der Waals surface area contributed by atoms with Crippen LogP contribution >= 0.6 is 0 Å². The summed E-state index contributed by atoms with van der Waals surface area (Å²) in [6, 6.07) is 47.0. The Morgan fingerprint density at radius 1 is 0.526 bits per heavy atom. The van der Waals surface area contributed by atoms with Gasteiger partial charge in [0, 0.05) is 29.3 Å². The van der Waals surface area contributed by atoms with Crippen LogP contribution in [0.25, 0.3) is 34.5 Å². The highest BCUT2D eigenvalue weighted by Gasteiger charge is 2.21. The Kier molecular flexibility index (Phi) is 8.88. The molecule has 1 nitrogen and oxygen atoms in total. The first-order valence-electron chi connectivity index (χ1n) is 12.2. The van der Waals surface area contributed by atoms with E-state index in [4.69, 9.17) is 0 Å². The van der Waals surface area contributed by atoms with Crippen LogP contribution in [-0.2, 0) is 6.54 Å². The van der Waals surface area contributed by atoms with Gasteiger partial charge in [-0.1, -0.05) is 109 Å². The Bertz CT molecular complexity index is 1450. The molecule has 1 aromatic heterocycles. The van der Waals surface area contributed by atoms with Crippen molar-refractivity contribution >= 4 is 19.4 Å². The number of hydrogen-bond acceptors (Lipinski definition) is 0. The number of benzene rings is 4. The van der Waals surface area contributed by atoms with E-state index in [2.05, 4.69) is 150 Å². The maximum Gasteiger partial charge on any atom is 0.673 e. The van der Waals surface area contributed by atoms with Crippen molar-refractivity contribution in [2.75, 3.05) is 0 Å². The number of pyridine rings is 1. The number of aromatic nitrogens is 1. The topological polar surface area (TPSA) is 3.88 Å². The van der Waals surface area contributed by atoms with Gasteiger partial charge < -0.3 is 17.3 Å². The molecule has 0 bridgehead atoms. The van der Waals surface area contributed by atoms with E-state index in [1.807, 2.05) is 0 Å². The Balaban J connectivity index is 0.000000617. The number of hydrogen-bond donors (Lipinski definition) is 0. The zero-order valence-corrected chi connectivity index (χ0v) is 20.6. The highest BCUT2D eigenvalue weighted by molar-refractivity contribution is 6.50. The van der Waals surface area contributed by atoms with Gasteiger partial charge in [-0.3, -0.25) is 0 Å². The van der Waals surface area contributed by atoms with Crippen LogP contribution in [0.15, 0.2) is 133 Å². The molecule has 5 rings (SSSR count). The van der Waals surface area contributed by atoms with Gasteiger partial charge in [0.2, 0.25) is 11.4 Å². The fourth-order valence-corrected chi connectivity index (χ4v) is 4.11. The molecule has 0 spiro atoms.